The Bertz CT molecular complexity index is 622. The van der Waals surface area contributed by atoms with Crippen molar-refractivity contribution in [1.82, 2.24) is 14.9 Å². The fourth-order valence-electron chi connectivity index (χ4n) is 2.21. The fourth-order valence-corrected chi connectivity index (χ4v) is 4.47. The summed E-state index contributed by atoms with van der Waals surface area (Å²) in [4.78, 5) is 32.7. The van der Waals surface area contributed by atoms with Gasteiger partial charge in [0.05, 0.1) is 6.20 Å². The van der Waals surface area contributed by atoms with Crippen LogP contribution >= 0.6 is 23.5 Å². The molecule has 2 atom stereocenters. The molecule has 3 rings (SSSR count). The summed E-state index contributed by atoms with van der Waals surface area (Å²) in [5, 5.41) is 9.85. The van der Waals surface area contributed by atoms with Crippen molar-refractivity contribution in [3.63, 3.8) is 0 Å². The van der Waals surface area contributed by atoms with Gasteiger partial charge in [-0.1, -0.05) is 0 Å². The van der Waals surface area contributed by atoms with E-state index in [1.165, 1.54) is 28.4 Å². The summed E-state index contributed by atoms with van der Waals surface area (Å²) in [6, 6.07) is -0.599. The number of fused-ring (bicyclic) bond motifs is 1. The molecule has 9 heteroatoms. The van der Waals surface area contributed by atoms with Crippen LogP contribution in [0, 0.1) is 0 Å². The fraction of sp³-hybridized carbons (Fsp3) is 0.333. The lowest BCUT2D eigenvalue weighted by molar-refractivity contribution is -0.147. The SMILES string of the molecule is NC1C(=O)N2C(C(=O)O)=C(CSc3cnccn3)CS[C@H]12. The number of nitrogens with zero attached hydrogens (tertiary/aromatic N) is 3. The third-order valence-electron chi connectivity index (χ3n) is 3.22. The third-order valence-corrected chi connectivity index (χ3v) is 5.58. The maximum atomic E-state index is 11.8. The molecule has 0 spiro atoms. The number of β-lactam (4-membered cyclic amide) rings is 1. The number of hydrogen-bond acceptors (Lipinski definition) is 7. The number of aromatic nitrogens is 2. The van der Waals surface area contributed by atoms with Gasteiger partial charge in [-0.25, -0.2) is 9.78 Å². The van der Waals surface area contributed by atoms with Crippen LogP contribution in [0.25, 0.3) is 0 Å². The number of carboxylic acid groups (broad SMARTS) is 1. The molecular weight excluding hydrogens is 312 g/mol. The summed E-state index contributed by atoms with van der Waals surface area (Å²) in [7, 11) is 0. The molecule has 2 aliphatic rings. The molecular formula is C12H12N4O3S2. The molecule has 1 saturated heterocycles. The molecule has 0 radical (unpaired) electrons. The average molecular weight is 324 g/mol. The van der Waals surface area contributed by atoms with E-state index in [0.29, 0.717) is 22.1 Å². The Balaban J connectivity index is 1.81. The Hall–Kier alpha value is -1.58. The van der Waals surface area contributed by atoms with Gasteiger partial charge in [0.25, 0.3) is 0 Å². The van der Waals surface area contributed by atoms with E-state index in [1.807, 2.05) is 0 Å². The van der Waals surface area contributed by atoms with E-state index >= 15 is 0 Å². The molecule has 1 aromatic rings. The van der Waals surface area contributed by atoms with E-state index in [2.05, 4.69) is 9.97 Å². The maximum absolute atomic E-state index is 11.8. The second-order valence-electron chi connectivity index (χ2n) is 4.53. The number of aliphatic carboxylic acids is 1. The topological polar surface area (TPSA) is 109 Å². The van der Waals surface area contributed by atoms with Gasteiger partial charge in [0.15, 0.2) is 0 Å². The van der Waals surface area contributed by atoms with E-state index in [1.54, 1.807) is 18.6 Å². The van der Waals surface area contributed by atoms with Crippen molar-refractivity contribution >= 4 is 35.4 Å². The molecule has 21 heavy (non-hydrogen) atoms. The average Bonchev–Trinajstić information content (AvgIpc) is 2.52. The predicted molar refractivity (Wildman–Crippen MR) is 78.5 cm³/mol. The Morgan fingerprint density at radius 3 is 3.05 bits per heavy atom. The van der Waals surface area contributed by atoms with Gasteiger partial charge in [0.2, 0.25) is 5.91 Å². The minimum atomic E-state index is -1.09. The number of hydrogen-bond donors (Lipinski definition) is 2. The Morgan fingerprint density at radius 1 is 1.57 bits per heavy atom. The number of carbonyl (C=O) groups is 2. The normalized spacial score (nSPS) is 24.6. The molecule has 110 valence electrons. The highest BCUT2D eigenvalue weighted by Gasteiger charge is 2.51. The Labute approximate surface area is 129 Å². The van der Waals surface area contributed by atoms with Crippen LogP contribution < -0.4 is 5.73 Å². The molecule has 2 aliphatic heterocycles. The summed E-state index contributed by atoms with van der Waals surface area (Å²) in [6.45, 7) is 0. The van der Waals surface area contributed by atoms with Crippen molar-refractivity contribution in [1.29, 1.82) is 0 Å². The molecule has 7 nitrogen and oxygen atoms in total. The predicted octanol–water partition coefficient (Wildman–Crippen LogP) is 0.150. The van der Waals surface area contributed by atoms with E-state index in [4.69, 9.17) is 5.73 Å². The highest BCUT2D eigenvalue weighted by Crippen LogP contribution is 2.40. The molecule has 0 aliphatic carbocycles. The number of thioether (sulfide) groups is 2. The third kappa shape index (κ3) is 2.52. The van der Waals surface area contributed by atoms with Crippen LogP contribution in [0.4, 0.5) is 0 Å². The number of carbonyl (C=O) groups excluding carboxylic acids is 1. The lowest BCUT2D eigenvalue weighted by atomic mass is 10.0. The molecule has 1 fully saturated rings. The highest BCUT2D eigenvalue weighted by atomic mass is 32.2. The lowest BCUT2D eigenvalue weighted by Crippen LogP contribution is -2.68. The smallest absolute Gasteiger partial charge is 0.352 e. The summed E-state index contributed by atoms with van der Waals surface area (Å²) in [5.74, 6) is -0.405. The molecule has 0 aromatic carbocycles. The molecule has 0 saturated carbocycles. The molecule has 1 unspecified atom stereocenters. The van der Waals surface area contributed by atoms with Crippen LogP contribution in [0.5, 0.6) is 0 Å². The number of nitrogens with two attached hydrogens (primary N) is 1. The number of carboxylic acids is 1. The molecule has 0 bridgehead atoms. The van der Waals surface area contributed by atoms with Gasteiger partial charge < -0.3 is 10.8 Å². The van der Waals surface area contributed by atoms with Crippen molar-refractivity contribution in [2.75, 3.05) is 11.5 Å². The maximum Gasteiger partial charge on any atom is 0.352 e. The van der Waals surface area contributed by atoms with Crippen LogP contribution in [0.3, 0.4) is 0 Å². The number of amides is 1. The van der Waals surface area contributed by atoms with Gasteiger partial charge in [-0.05, 0) is 5.57 Å². The van der Waals surface area contributed by atoms with Crippen molar-refractivity contribution in [3.8, 4) is 0 Å². The van der Waals surface area contributed by atoms with Crippen molar-refractivity contribution < 1.29 is 14.7 Å². The van der Waals surface area contributed by atoms with Crippen LogP contribution in [0.2, 0.25) is 0 Å². The first kappa shape index (κ1) is 14.4. The van der Waals surface area contributed by atoms with Crippen molar-refractivity contribution in [2.45, 2.75) is 16.4 Å². The highest BCUT2D eigenvalue weighted by molar-refractivity contribution is 8.01. The first-order valence-corrected chi connectivity index (χ1v) is 8.17. The van der Waals surface area contributed by atoms with Crippen LogP contribution in [-0.2, 0) is 9.59 Å². The van der Waals surface area contributed by atoms with Gasteiger partial charge in [0, 0.05) is 23.9 Å². The first-order valence-electron chi connectivity index (χ1n) is 6.14. The zero-order valence-corrected chi connectivity index (χ0v) is 12.4. The summed E-state index contributed by atoms with van der Waals surface area (Å²) < 4.78 is 0. The van der Waals surface area contributed by atoms with Gasteiger partial charge >= 0.3 is 5.97 Å². The lowest BCUT2D eigenvalue weighted by Gasteiger charge is -2.48. The minimum absolute atomic E-state index is 0.0711. The zero-order chi connectivity index (χ0) is 15.0. The van der Waals surface area contributed by atoms with E-state index in [-0.39, 0.29) is 17.0 Å². The summed E-state index contributed by atoms with van der Waals surface area (Å²) >= 11 is 2.90. The quantitative estimate of drug-likeness (QED) is 0.595. The van der Waals surface area contributed by atoms with Crippen LogP contribution in [-0.4, -0.2) is 54.8 Å². The van der Waals surface area contributed by atoms with Crippen molar-refractivity contribution in [2.24, 2.45) is 5.73 Å². The summed E-state index contributed by atoms with van der Waals surface area (Å²) in [5.41, 5.74) is 6.48. The monoisotopic (exact) mass is 324 g/mol. The summed E-state index contributed by atoms with van der Waals surface area (Å²) in [6.07, 6.45) is 4.78. The zero-order valence-electron chi connectivity index (χ0n) is 10.8. The van der Waals surface area contributed by atoms with Gasteiger partial charge in [-0.15, -0.1) is 23.5 Å². The molecule has 3 N–H and O–H groups in total. The Kier molecular flexibility index (Phi) is 3.87. The Morgan fingerprint density at radius 2 is 2.38 bits per heavy atom. The standard InChI is InChI=1S/C12H12N4O3S2/c13-8-10(17)16-9(12(18)19)6(5-21-11(8)16)4-20-7-3-14-1-2-15-7/h1-3,8,11H,4-5,13H2,(H,18,19)/t8?,11-/m1/s1. The van der Waals surface area contributed by atoms with Gasteiger partial charge in [-0.3, -0.25) is 14.7 Å². The van der Waals surface area contributed by atoms with E-state index < -0.39 is 12.0 Å². The van der Waals surface area contributed by atoms with E-state index in [0.717, 1.165) is 0 Å². The van der Waals surface area contributed by atoms with Crippen LogP contribution in [0.15, 0.2) is 34.9 Å². The second-order valence-corrected chi connectivity index (χ2v) is 6.63. The van der Waals surface area contributed by atoms with E-state index in [9.17, 15) is 14.7 Å². The van der Waals surface area contributed by atoms with Gasteiger partial charge in [-0.2, -0.15) is 0 Å². The number of rotatable bonds is 4. The first-order chi connectivity index (χ1) is 10.1. The molecule has 1 amide bonds. The van der Waals surface area contributed by atoms with Crippen LogP contribution in [0.1, 0.15) is 0 Å². The molecule has 3 heterocycles. The second kappa shape index (κ2) is 5.66. The minimum Gasteiger partial charge on any atom is -0.477 e. The van der Waals surface area contributed by atoms with Crippen molar-refractivity contribution in [3.05, 3.63) is 29.9 Å². The largest absolute Gasteiger partial charge is 0.477 e. The molecule has 1 aromatic heterocycles. The van der Waals surface area contributed by atoms with Gasteiger partial charge in [0.1, 0.15) is 22.1 Å².